The normalized spacial score (nSPS) is 10.6. The lowest BCUT2D eigenvalue weighted by molar-refractivity contribution is -0.114. The Morgan fingerprint density at radius 3 is 2.55 bits per heavy atom. The fraction of sp³-hybridized carbons (Fsp3) is 0.0625. The average molecular weight is 297 g/mol. The molecular weight excluding hydrogens is 285 g/mol. The number of carbonyl (C=O) groups excluding carboxylic acids is 2. The van der Waals surface area contributed by atoms with Crippen molar-refractivity contribution in [3.05, 3.63) is 48.3 Å². The van der Waals surface area contributed by atoms with Crippen molar-refractivity contribution in [3.8, 4) is 11.1 Å². The Hall–Kier alpha value is -3.02. The van der Waals surface area contributed by atoms with E-state index >= 15 is 0 Å². The number of halogens is 1. The molecule has 0 aliphatic heterocycles. The molecule has 22 heavy (non-hydrogen) atoms. The van der Waals surface area contributed by atoms with Crippen LogP contribution in [-0.4, -0.2) is 21.9 Å². The zero-order valence-electron chi connectivity index (χ0n) is 11.7. The summed E-state index contributed by atoms with van der Waals surface area (Å²) < 4.78 is 13.3. The standard InChI is InChI=1S/C16H12FN3O2/c1-9(21)19-11-6-4-10(5-7-11)13-14-12(3-2-8-18-14)20-15(13)16(17)22/h2-8,20H,1H3,(H,19,21). The summed E-state index contributed by atoms with van der Waals surface area (Å²) in [5.74, 6) is -0.180. The van der Waals surface area contributed by atoms with Crippen LogP contribution in [0.25, 0.3) is 22.2 Å². The molecule has 0 radical (unpaired) electrons. The molecule has 1 amide bonds. The van der Waals surface area contributed by atoms with Crippen molar-refractivity contribution >= 4 is 28.7 Å². The van der Waals surface area contributed by atoms with Gasteiger partial charge < -0.3 is 10.3 Å². The summed E-state index contributed by atoms with van der Waals surface area (Å²) in [6.45, 7) is 1.41. The van der Waals surface area contributed by atoms with Gasteiger partial charge in [-0.25, -0.2) is 0 Å². The molecule has 3 rings (SSSR count). The Balaban J connectivity index is 2.14. The quantitative estimate of drug-likeness (QED) is 0.728. The molecule has 2 aromatic heterocycles. The van der Waals surface area contributed by atoms with Gasteiger partial charge >= 0.3 is 6.04 Å². The molecule has 0 aliphatic carbocycles. The van der Waals surface area contributed by atoms with Gasteiger partial charge in [-0.15, -0.1) is 0 Å². The second kappa shape index (κ2) is 5.40. The van der Waals surface area contributed by atoms with Gasteiger partial charge in [0.05, 0.1) is 11.0 Å². The van der Waals surface area contributed by atoms with Crippen molar-refractivity contribution < 1.29 is 14.0 Å². The molecule has 0 saturated carbocycles. The van der Waals surface area contributed by atoms with Crippen LogP contribution in [0.5, 0.6) is 0 Å². The zero-order chi connectivity index (χ0) is 15.7. The Labute approximate surface area is 125 Å². The summed E-state index contributed by atoms with van der Waals surface area (Å²) in [5.41, 5.74) is 2.66. The van der Waals surface area contributed by atoms with Gasteiger partial charge in [-0.05, 0) is 29.8 Å². The Morgan fingerprint density at radius 1 is 1.18 bits per heavy atom. The first kappa shape index (κ1) is 13.9. The predicted molar refractivity (Wildman–Crippen MR) is 81.3 cm³/mol. The molecule has 0 spiro atoms. The number of carbonyl (C=O) groups is 2. The van der Waals surface area contributed by atoms with Gasteiger partial charge in [0.15, 0.2) is 0 Å². The summed E-state index contributed by atoms with van der Waals surface area (Å²) in [5, 5.41) is 2.65. The number of hydrogen-bond acceptors (Lipinski definition) is 3. The maximum Gasteiger partial charge on any atom is 0.348 e. The number of aromatic amines is 1. The van der Waals surface area contributed by atoms with E-state index < -0.39 is 6.04 Å². The number of rotatable bonds is 3. The van der Waals surface area contributed by atoms with Gasteiger partial charge in [-0.3, -0.25) is 14.6 Å². The molecule has 0 atom stereocenters. The van der Waals surface area contributed by atoms with E-state index in [0.717, 1.165) is 0 Å². The second-order valence-electron chi connectivity index (χ2n) is 4.81. The zero-order valence-corrected chi connectivity index (χ0v) is 11.7. The molecular formula is C16H12FN3O2. The van der Waals surface area contributed by atoms with Crippen LogP contribution in [0, 0.1) is 0 Å². The average Bonchev–Trinajstić information content (AvgIpc) is 2.87. The highest BCUT2D eigenvalue weighted by molar-refractivity contribution is 6.06. The molecule has 0 saturated heterocycles. The molecule has 2 N–H and O–H groups in total. The summed E-state index contributed by atoms with van der Waals surface area (Å²) in [4.78, 5) is 29.2. The lowest BCUT2D eigenvalue weighted by atomic mass is 10.0. The van der Waals surface area contributed by atoms with Crippen molar-refractivity contribution in [2.75, 3.05) is 5.32 Å². The molecule has 6 heteroatoms. The molecule has 0 bridgehead atoms. The Kier molecular flexibility index (Phi) is 3.42. The maximum absolute atomic E-state index is 13.3. The number of benzene rings is 1. The molecule has 0 aliphatic rings. The van der Waals surface area contributed by atoms with Crippen LogP contribution in [0.4, 0.5) is 10.1 Å². The lowest BCUT2D eigenvalue weighted by Gasteiger charge is -2.05. The van der Waals surface area contributed by atoms with E-state index in [4.69, 9.17) is 0 Å². The second-order valence-corrected chi connectivity index (χ2v) is 4.81. The van der Waals surface area contributed by atoms with E-state index in [0.29, 0.717) is 27.8 Å². The van der Waals surface area contributed by atoms with E-state index in [1.165, 1.54) is 6.92 Å². The number of H-pyrrole nitrogens is 1. The number of nitrogens with zero attached hydrogens (tertiary/aromatic N) is 1. The minimum absolute atomic E-state index is 0.124. The van der Waals surface area contributed by atoms with Crippen LogP contribution in [0.1, 0.15) is 17.4 Å². The molecule has 3 aromatic rings. The fourth-order valence-corrected chi connectivity index (χ4v) is 2.37. The van der Waals surface area contributed by atoms with Gasteiger partial charge in [0.1, 0.15) is 5.69 Å². The van der Waals surface area contributed by atoms with E-state index in [9.17, 15) is 14.0 Å². The van der Waals surface area contributed by atoms with Crippen LogP contribution < -0.4 is 5.32 Å². The third-order valence-corrected chi connectivity index (χ3v) is 3.24. The third kappa shape index (κ3) is 2.46. The van der Waals surface area contributed by atoms with Gasteiger partial charge in [0, 0.05) is 24.4 Å². The molecule has 0 unspecified atom stereocenters. The van der Waals surface area contributed by atoms with E-state index in [1.807, 2.05) is 0 Å². The number of pyridine rings is 1. The van der Waals surface area contributed by atoms with E-state index in [2.05, 4.69) is 15.3 Å². The first-order valence-corrected chi connectivity index (χ1v) is 6.61. The van der Waals surface area contributed by atoms with Gasteiger partial charge in [0.25, 0.3) is 0 Å². The summed E-state index contributed by atoms with van der Waals surface area (Å²) in [7, 11) is 0. The highest BCUT2D eigenvalue weighted by atomic mass is 19.1. The van der Waals surface area contributed by atoms with Crippen LogP contribution in [0.15, 0.2) is 42.6 Å². The smallest absolute Gasteiger partial charge is 0.348 e. The molecule has 5 nitrogen and oxygen atoms in total. The van der Waals surface area contributed by atoms with Crippen molar-refractivity contribution in [1.29, 1.82) is 0 Å². The third-order valence-electron chi connectivity index (χ3n) is 3.24. The topological polar surface area (TPSA) is 74.8 Å². The Morgan fingerprint density at radius 2 is 1.91 bits per heavy atom. The molecule has 110 valence electrons. The highest BCUT2D eigenvalue weighted by Gasteiger charge is 2.19. The van der Waals surface area contributed by atoms with Gasteiger partial charge in [0.2, 0.25) is 5.91 Å². The number of amides is 1. The van der Waals surface area contributed by atoms with Crippen molar-refractivity contribution in [2.24, 2.45) is 0 Å². The predicted octanol–water partition coefficient (Wildman–Crippen LogP) is 3.30. The number of nitrogens with one attached hydrogen (secondary N) is 2. The summed E-state index contributed by atoms with van der Waals surface area (Å²) in [6.07, 6.45) is 1.58. The molecule has 2 heterocycles. The number of hydrogen-bond donors (Lipinski definition) is 2. The number of anilines is 1. The largest absolute Gasteiger partial charge is 0.348 e. The number of aromatic nitrogens is 2. The minimum Gasteiger partial charge on any atom is -0.348 e. The molecule has 1 aromatic carbocycles. The van der Waals surface area contributed by atoms with Gasteiger partial charge in [-0.2, -0.15) is 4.39 Å². The Bertz CT molecular complexity index is 869. The lowest BCUT2D eigenvalue weighted by Crippen LogP contribution is -2.05. The summed E-state index contributed by atoms with van der Waals surface area (Å²) >= 11 is 0. The number of fused-ring (bicyclic) bond motifs is 1. The van der Waals surface area contributed by atoms with Crippen LogP contribution in [0.2, 0.25) is 0 Å². The van der Waals surface area contributed by atoms with Gasteiger partial charge in [-0.1, -0.05) is 12.1 Å². The SMILES string of the molecule is CC(=O)Nc1ccc(-c2c(C(=O)F)[nH]c3cccnc23)cc1. The monoisotopic (exact) mass is 297 g/mol. The van der Waals surface area contributed by atoms with Crippen molar-refractivity contribution in [2.45, 2.75) is 6.92 Å². The molecule has 0 fully saturated rings. The van der Waals surface area contributed by atoms with Crippen LogP contribution in [-0.2, 0) is 4.79 Å². The van der Waals surface area contributed by atoms with E-state index in [1.54, 1.807) is 42.6 Å². The summed E-state index contributed by atoms with van der Waals surface area (Å²) in [6, 6.07) is 8.66. The van der Waals surface area contributed by atoms with Crippen molar-refractivity contribution in [1.82, 2.24) is 9.97 Å². The fourth-order valence-electron chi connectivity index (χ4n) is 2.37. The van der Waals surface area contributed by atoms with Crippen LogP contribution in [0.3, 0.4) is 0 Å². The van der Waals surface area contributed by atoms with Crippen molar-refractivity contribution in [3.63, 3.8) is 0 Å². The highest BCUT2D eigenvalue weighted by Crippen LogP contribution is 2.32. The van der Waals surface area contributed by atoms with Crippen LogP contribution >= 0.6 is 0 Å². The minimum atomic E-state index is -1.54. The maximum atomic E-state index is 13.3. The van der Waals surface area contributed by atoms with E-state index in [-0.39, 0.29) is 11.6 Å². The first-order valence-electron chi connectivity index (χ1n) is 6.61. The first-order chi connectivity index (χ1) is 10.6.